The number of carbonyl (C=O) groups is 2. The van der Waals surface area contributed by atoms with Gasteiger partial charge in [-0.3, -0.25) is 9.59 Å². The highest BCUT2D eigenvalue weighted by molar-refractivity contribution is 5.98. The molecule has 4 rings (SSSR count). The Labute approximate surface area is 172 Å². The number of anilines is 1. The maximum atomic E-state index is 12.8. The first kappa shape index (κ1) is 19.6. The van der Waals surface area contributed by atoms with Crippen molar-refractivity contribution < 1.29 is 19.4 Å². The first-order valence-electron chi connectivity index (χ1n) is 9.55. The van der Waals surface area contributed by atoms with E-state index in [2.05, 4.69) is 10.3 Å². The number of nitrogens with one attached hydrogen (secondary N) is 1. The van der Waals surface area contributed by atoms with Crippen molar-refractivity contribution >= 4 is 28.6 Å². The smallest absolute Gasteiger partial charge is 0.341 e. The maximum absolute atomic E-state index is 12.8. The van der Waals surface area contributed by atoms with E-state index < -0.39 is 11.4 Å². The van der Waals surface area contributed by atoms with Crippen molar-refractivity contribution in [3.05, 3.63) is 51.9 Å². The van der Waals surface area contributed by atoms with E-state index in [4.69, 9.17) is 4.74 Å². The lowest BCUT2D eigenvalue weighted by atomic mass is 10.0. The molecule has 8 nitrogen and oxygen atoms in total. The summed E-state index contributed by atoms with van der Waals surface area (Å²) in [7, 11) is 1.52. The number of nitrogens with zero attached hydrogens (tertiary/aromatic N) is 2. The lowest BCUT2D eigenvalue weighted by Crippen LogP contribution is -2.19. The minimum Gasteiger partial charge on any atom is -0.494 e. The van der Waals surface area contributed by atoms with E-state index in [9.17, 15) is 19.5 Å². The number of benzene rings is 1. The molecule has 2 heterocycles. The largest absolute Gasteiger partial charge is 0.494 e. The van der Waals surface area contributed by atoms with Gasteiger partial charge in [-0.2, -0.15) is 0 Å². The lowest BCUT2D eigenvalue weighted by Gasteiger charge is -2.18. The van der Waals surface area contributed by atoms with Gasteiger partial charge in [-0.1, -0.05) is 0 Å². The van der Waals surface area contributed by atoms with Crippen LogP contribution in [0.5, 0.6) is 5.75 Å². The monoisotopic (exact) mass is 407 g/mol. The van der Waals surface area contributed by atoms with Crippen LogP contribution < -0.4 is 15.5 Å². The molecule has 0 unspecified atom stereocenters. The van der Waals surface area contributed by atoms with Crippen molar-refractivity contribution in [2.24, 2.45) is 0 Å². The molecule has 1 fully saturated rings. The Morgan fingerprint density at radius 1 is 1.30 bits per heavy atom. The number of carboxylic acids is 1. The Morgan fingerprint density at radius 3 is 2.60 bits per heavy atom. The summed E-state index contributed by atoms with van der Waals surface area (Å²) < 4.78 is 7.56. The average molecular weight is 407 g/mol. The predicted molar refractivity (Wildman–Crippen MR) is 112 cm³/mol. The molecule has 1 amide bonds. The summed E-state index contributed by atoms with van der Waals surface area (Å²) in [6.07, 6.45) is 4.88. The van der Waals surface area contributed by atoms with E-state index in [0.717, 1.165) is 29.5 Å². The highest BCUT2D eigenvalue weighted by Crippen LogP contribution is 2.42. The molecule has 0 radical (unpaired) electrons. The van der Waals surface area contributed by atoms with E-state index in [0.29, 0.717) is 22.5 Å². The summed E-state index contributed by atoms with van der Waals surface area (Å²) in [4.78, 5) is 40.0. The molecule has 1 aliphatic rings. The van der Waals surface area contributed by atoms with Gasteiger partial charge in [0, 0.05) is 36.5 Å². The molecule has 3 aromatic rings. The molecule has 1 aromatic carbocycles. The summed E-state index contributed by atoms with van der Waals surface area (Å²) in [5.41, 5.74) is 2.07. The minimum absolute atomic E-state index is 0.136. The number of amides is 1. The third-order valence-electron chi connectivity index (χ3n) is 5.21. The Kier molecular flexibility index (Phi) is 4.77. The van der Waals surface area contributed by atoms with E-state index in [-0.39, 0.29) is 17.5 Å². The van der Waals surface area contributed by atoms with Gasteiger partial charge in [0.25, 0.3) is 0 Å². The van der Waals surface area contributed by atoms with Crippen molar-refractivity contribution in [2.75, 3.05) is 12.4 Å². The highest BCUT2D eigenvalue weighted by Gasteiger charge is 2.29. The normalized spacial score (nSPS) is 13.3. The van der Waals surface area contributed by atoms with Gasteiger partial charge in [-0.15, -0.1) is 0 Å². The topological polar surface area (TPSA) is 111 Å². The van der Waals surface area contributed by atoms with Gasteiger partial charge in [0.15, 0.2) is 5.75 Å². The Hall–Kier alpha value is -3.68. The fraction of sp³-hybridized carbons (Fsp3) is 0.273. The van der Waals surface area contributed by atoms with Crippen LogP contribution in [0.1, 0.15) is 41.7 Å². The number of methoxy groups -OCH3 is 1. The molecule has 154 valence electrons. The number of carboxylic acid groups (broad SMARTS) is 1. The Balaban J connectivity index is 1.97. The summed E-state index contributed by atoms with van der Waals surface area (Å²) >= 11 is 0. The molecule has 2 N–H and O–H groups in total. The van der Waals surface area contributed by atoms with Crippen molar-refractivity contribution in [1.82, 2.24) is 9.55 Å². The summed E-state index contributed by atoms with van der Waals surface area (Å²) in [6.45, 7) is 3.26. The molecule has 2 aromatic heterocycles. The molecular weight excluding hydrogens is 386 g/mol. The van der Waals surface area contributed by atoms with Gasteiger partial charge >= 0.3 is 5.97 Å². The quantitative estimate of drug-likeness (QED) is 0.671. The fourth-order valence-corrected chi connectivity index (χ4v) is 3.66. The second-order valence-electron chi connectivity index (χ2n) is 7.43. The number of carbonyl (C=O) groups excluding carboxylic acids is 1. The second kappa shape index (κ2) is 7.29. The Bertz CT molecular complexity index is 1260. The van der Waals surface area contributed by atoms with Gasteiger partial charge < -0.3 is 19.7 Å². The van der Waals surface area contributed by atoms with Crippen molar-refractivity contribution in [3.63, 3.8) is 0 Å². The highest BCUT2D eigenvalue weighted by atomic mass is 16.5. The van der Waals surface area contributed by atoms with E-state index in [1.807, 2.05) is 17.6 Å². The number of pyridine rings is 2. The number of hydrogen-bond donors (Lipinski definition) is 2. The molecule has 0 atom stereocenters. The van der Waals surface area contributed by atoms with E-state index in [1.54, 1.807) is 18.3 Å². The lowest BCUT2D eigenvalue weighted by molar-refractivity contribution is -0.114. The Morgan fingerprint density at radius 2 is 2.03 bits per heavy atom. The summed E-state index contributed by atoms with van der Waals surface area (Å²) in [6, 6.07) is 5.39. The molecule has 8 heteroatoms. The summed E-state index contributed by atoms with van der Waals surface area (Å²) in [5.74, 6) is -0.481. The van der Waals surface area contributed by atoms with Crippen LogP contribution in [0.25, 0.3) is 22.0 Å². The van der Waals surface area contributed by atoms with Crippen LogP contribution in [0.4, 0.5) is 5.82 Å². The number of aromatic nitrogens is 2. The van der Waals surface area contributed by atoms with Crippen LogP contribution in [-0.4, -0.2) is 33.6 Å². The SMILES string of the molecule is COc1c(-c2cnc(NC(C)=O)c(C)c2)ccc2c(=O)c(C(=O)O)cn(C3CC3)c12. The number of fused-ring (bicyclic) bond motifs is 1. The first-order valence-corrected chi connectivity index (χ1v) is 9.55. The van der Waals surface area contributed by atoms with Crippen LogP contribution >= 0.6 is 0 Å². The zero-order valence-electron chi connectivity index (χ0n) is 16.9. The standard InChI is InChI=1S/C22H21N3O5/c1-11-8-13(9-23-21(11)24-12(2)26)15-6-7-16-18(20(15)30-3)25(14-4-5-14)10-17(19(16)27)22(28)29/h6-10,14H,4-5H2,1-3H3,(H,28,29)(H,23,24,26). The molecule has 30 heavy (non-hydrogen) atoms. The first-order chi connectivity index (χ1) is 14.3. The molecule has 0 spiro atoms. The molecule has 1 aliphatic carbocycles. The molecule has 1 saturated carbocycles. The van der Waals surface area contributed by atoms with Gasteiger partial charge in [0.1, 0.15) is 11.4 Å². The van der Waals surface area contributed by atoms with Crippen molar-refractivity contribution in [1.29, 1.82) is 0 Å². The second-order valence-corrected chi connectivity index (χ2v) is 7.43. The molecule has 0 saturated heterocycles. The van der Waals surface area contributed by atoms with E-state index in [1.165, 1.54) is 20.2 Å². The fourth-order valence-electron chi connectivity index (χ4n) is 3.66. The minimum atomic E-state index is -1.24. The number of rotatable bonds is 5. The van der Waals surface area contributed by atoms with Crippen LogP contribution in [-0.2, 0) is 4.79 Å². The number of aromatic carboxylic acids is 1. The third-order valence-corrected chi connectivity index (χ3v) is 5.21. The van der Waals surface area contributed by atoms with Crippen LogP contribution in [0.2, 0.25) is 0 Å². The molecular formula is C22H21N3O5. The van der Waals surface area contributed by atoms with Crippen molar-refractivity contribution in [3.8, 4) is 16.9 Å². The van der Waals surface area contributed by atoms with Gasteiger partial charge in [0.05, 0.1) is 18.0 Å². The van der Waals surface area contributed by atoms with Crippen LogP contribution in [0.15, 0.2) is 35.4 Å². The van der Waals surface area contributed by atoms with Gasteiger partial charge in [0.2, 0.25) is 11.3 Å². The summed E-state index contributed by atoms with van der Waals surface area (Å²) in [5, 5.41) is 12.4. The van der Waals surface area contributed by atoms with E-state index >= 15 is 0 Å². The van der Waals surface area contributed by atoms with Crippen LogP contribution in [0.3, 0.4) is 0 Å². The van der Waals surface area contributed by atoms with Gasteiger partial charge in [-0.25, -0.2) is 9.78 Å². The maximum Gasteiger partial charge on any atom is 0.341 e. The molecule has 0 bridgehead atoms. The third kappa shape index (κ3) is 3.30. The van der Waals surface area contributed by atoms with Crippen LogP contribution in [0, 0.1) is 6.92 Å². The zero-order valence-corrected chi connectivity index (χ0v) is 16.9. The average Bonchev–Trinajstić information content (AvgIpc) is 3.53. The predicted octanol–water partition coefficient (Wildman–Crippen LogP) is 3.37. The molecule has 0 aliphatic heterocycles. The number of ether oxygens (including phenoxy) is 1. The zero-order chi connectivity index (χ0) is 21.6. The number of aryl methyl sites for hydroxylation is 1. The van der Waals surface area contributed by atoms with Crippen molar-refractivity contribution in [2.45, 2.75) is 32.7 Å². The number of hydrogen-bond acceptors (Lipinski definition) is 5. The van der Waals surface area contributed by atoms with Gasteiger partial charge in [-0.05, 0) is 43.5 Å².